The zero-order chi connectivity index (χ0) is 16.7. The summed E-state index contributed by atoms with van der Waals surface area (Å²) in [6, 6.07) is 16.8. The number of hydrogen-bond acceptors (Lipinski definition) is 2. The Labute approximate surface area is 136 Å². The normalized spacial score (nSPS) is 10.3. The third kappa shape index (κ3) is 4.95. The van der Waals surface area contributed by atoms with Crippen LogP contribution in [0.25, 0.3) is 0 Å². The molecule has 23 heavy (non-hydrogen) atoms. The molecule has 2 rings (SSSR count). The number of carbonyl (C=O) groups is 2. The van der Waals surface area contributed by atoms with Crippen molar-refractivity contribution >= 4 is 11.9 Å². The Hall–Kier alpha value is -2.62. The SMILES string of the molecule is CN(CCCc1ccccc1)C(=O)Cc1ccccc1C(=O)O. The lowest BCUT2D eigenvalue weighted by atomic mass is 10.0. The first-order valence-corrected chi connectivity index (χ1v) is 7.67. The van der Waals surface area contributed by atoms with Crippen LogP contribution in [0.15, 0.2) is 54.6 Å². The number of carboxylic acids is 1. The fraction of sp³-hybridized carbons (Fsp3) is 0.263. The van der Waals surface area contributed by atoms with Gasteiger partial charge in [-0.1, -0.05) is 48.5 Å². The molecule has 4 nitrogen and oxygen atoms in total. The summed E-state index contributed by atoms with van der Waals surface area (Å²) in [5.74, 6) is -1.06. The number of aromatic carboxylic acids is 1. The number of likely N-dealkylation sites (N-methyl/N-ethyl adjacent to an activating group) is 1. The van der Waals surface area contributed by atoms with E-state index in [1.807, 2.05) is 18.2 Å². The van der Waals surface area contributed by atoms with Crippen LogP contribution >= 0.6 is 0 Å². The number of carboxylic acid groups (broad SMARTS) is 1. The predicted molar refractivity (Wildman–Crippen MR) is 89.5 cm³/mol. The van der Waals surface area contributed by atoms with E-state index in [2.05, 4.69) is 12.1 Å². The summed E-state index contributed by atoms with van der Waals surface area (Å²) in [5, 5.41) is 9.16. The van der Waals surface area contributed by atoms with Gasteiger partial charge in [-0.05, 0) is 30.0 Å². The minimum absolute atomic E-state index is 0.0632. The average Bonchev–Trinajstić information content (AvgIpc) is 2.56. The largest absolute Gasteiger partial charge is 0.478 e. The second-order valence-electron chi connectivity index (χ2n) is 5.54. The average molecular weight is 311 g/mol. The number of aryl methyl sites for hydroxylation is 1. The summed E-state index contributed by atoms with van der Waals surface area (Å²) >= 11 is 0. The van der Waals surface area contributed by atoms with E-state index in [4.69, 9.17) is 5.11 Å². The van der Waals surface area contributed by atoms with E-state index in [0.29, 0.717) is 12.1 Å². The number of rotatable bonds is 7. The molecule has 0 spiro atoms. The fourth-order valence-corrected chi connectivity index (χ4v) is 2.47. The molecule has 0 aromatic heterocycles. The van der Waals surface area contributed by atoms with Gasteiger partial charge in [-0.15, -0.1) is 0 Å². The molecule has 1 N–H and O–H groups in total. The highest BCUT2D eigenvalue weighted by molar-refractivity contribution is 5.91. The summed E-state index contributed by atoms with van der Waals surface area (Å²) in [7, 11) is 1.76. The van der Waals surface area contributed by atoms with Gasteiger partial charge in [0.15, 0.2) is 0 Å². The Balaban J connectivity index is 1.87. The maximum Gasteiger partial charge on any atom is 0.335 e. The zero-order valence-corrected chi connectivity index (χ0v) is 13.2. The van der Waals surface area contributed by atoms with E-state index < -0.39 is 5.97 Å². The lowest BCUT2D eigenvalue weighted by Gasteiger charge is -2.17. The summed E-state index contributed by atoms with van der Waals surface area (Å²) in [6.45, 7) is 0.656. The van der Waals surface area contributed by atoms with E-state index in [0.717, 1.165) is 12.8 Å². The van der Waals surface area contributed by atoms with E-state index in [1.165, 1.54) is 11.6 Å². The highest BCUT2D eigenvalue weighted by Gasteiger charge is 2.15. The van der Waals surface area contributed by atoms with Gasteiger partial charge >= 0.3 is 5.97 Å². The van der Waals surface area contributed by atoms with Gasteiger partial charge in [0.1, 0.15) is 0 Å². The second kappa shape index (κ2) is 8.13. The van der Waals surface area contributed by atoms with E-state index >= 15 is 0 Å². The Bertz CT molecular complexity index is 667. The third-order valence-electron chi connectivity index (χ3n) is 3.82. The number of carbonyl (C=O) groups excluding carboxylic acids is 1. The lowest BCUT2D eigenvalue weighted by molar-refractivity contribution is -0.129. The number of amides is 1. The van der Waals surface area contributed by atoms with Crippen LogP contribution in [-0.4, -0.2) is 35.5 Å². The molecule has 0 saturated carbocycles. The van der Waals surface area contributed by atoms with Crippen molar-refractivity contribution in [2.24, 2.45) is 0 Å². The van der Waals surface area contributed by atoms with Gasteiger partial charge in [-0.3, -0.25) is 4.79 Å². The molecule has 0 aliphatic carbocycles. The molecule has 0 radical (unpaired) electrons. The standard InChI is InChI=1S/C19H21NO3/c1-20(13-7-10-15-8-3-2-4-9-15)18(21)14-16-11-5-6-12-17(16)19(22)23/h2-6,8-9,11-12H,7,10,13-14H2,1H3,(H,22,23). The van der Waals surface area contributed by atoms with Crippen LogP contribution in [0.5, 0.6) is 0 Å². The van der Waals surface area contributed by atoms with Crippen LogP contribution in [0.4, 0.5) is 0 Å². The third-order valence-corrected chi connectivity index (χ3v) is 3.82. The smallest absolute Gasteiger partial charge is 0.335 e. The maximum absolute atomic E-state index is 12.3. The Morgan fingerprint density at radius 2 is 1.65 bits per heavy atom. The van der Waals surface area contributed by atoms with Crippen molar-refractivity contribution in [3.63, 3.8) is 0 Å². The first-order chi connectivity index (χ1) is 11.1. The summed E-state index contributed by atoms with van der Waals surface area (Å²) in [4.78, 5) is 25.1. The Kier molecular flexibility index (Phi) is 5.92. The highest BCUT2D eigenvalue weighted by Crippen LogP contribution is 2.11. The molecular formula is C19H21NO3. The van der Waals surface area contributed by atoms with Crippen LogP contribution in [0, 0.1) is 0 Å². The molecule has 0 bridgehead atoms. The second-order valence-corrected chi connectivity index (χ2v) is 5.54. The Morgan fingerprint density at radius 1 is 1.00 bits per heavy atom. The molecule has 0 saturated heterocycles. The molecule has 2 aromatic carbocycles. The number of nitrogens with zero attached hydrogens (tertiary/aromatic N) is 1. The summed E-state index contributed by atoms with van der Waals surface area (Å²) in [6.07, 6.45) is 1.92. The highest BCUT2D eigenvalue weighted by atomic mass is 16.4. The van der Waals surface area contributed by atoms with Gasteiger partial charge in [0, 0.05) is 13.6 Å². The zero-order valence-electron chi connectivity index (χ0n) is 13.2. The van der Waals surface area contributed by atoms with Crippen molar-refractivity contribution in [1.29, 1.82) is 0 Å². The Morgan fingerprint density at radius 3 is 2.35 bits per heavy atom. The van der Waals surface area contributed by atoms with Gasteiger partial charge in [0.2, 0.25) is 5.91 Å². The molecular weight excluding hydrogens is 290 g/mol. The van der Waals surface area contributed by atoms with Crippen molar-refractivity contribution in [1.82, 2.24) is 4.90 Å². The molecule has 0 fully saturated rings. The van der Waals surface area contributed by atoms with Crippen LogP contribution < -0.4 is 0 Å². The van der Waals surface area contributed by atoms with Gasteiger partial charge in [0.25, 0.3) is 0 Å². The van der Waals surface area contributed by atoms with Crippen molar-refractivity contribution in [3.05, 3.63) is 71.3 Å². The molecule has 2 aromatic rings. The van der Waals surface area contributed by atoms with Gasteiger partial charge in [-0.2, -0.15) is 0 Å². The van der Waals surface area contributed by atoms with E-state index in [-0.39, 0.29) is 17.9 Å². The minimum Gasteiger partial charge on any atom is -0.478 e. The molecule has 0 aliphatic heterocycles. The van der Waals surface area contributed by atoms with Gasteiger partial charge in [-0.25, -0.2) is 4.79 Å². The molecule has 0 aliphatic rings. The number of hydrogen-bond donors (Lipinski definition) is 1. The molecule has 0 atom stereocenters. The first-order valence-electron chi connectivity index (χ1n) is 7.67. The lowest BCUT2D eigenvalue weighted by Crippen LogP contribution is -2.30. The van der Waals surface area contributed by atoms with E-state index in [9.17, 15) is 9.59 Å². The molecule has 120 valence electrons. The van der Waals surface area contributed by atoms with Gasteiger partial charge < -0.3 is 10.0 Å². The monoisotopic (exact) mass is 311 g/mol. The molecule has 0 unspecified atom stereocenters. The predicted octanol–water partition coefficient (Wildman–Crippen LogP) is 3.02. The van der Waals surface area contributed by atoms with Crippen molar-refractivity contribution < 1.29 is 14.7 Å². The fourth-order valence-electron chi connectivity index (χ4n) is 2.47. The number of benzene rings is 2. The van der Waals surface area contributed by atoms with Crippen LogP contribution in [-0.2, 0) is 17.6 Å². The van der Waals surface area contributed by atoms with Crippen molar-refractivity contribution in [2.45, 2.75) is 19.3 Å². The van der Waals surface area contributed by atoms with E-state index in [1.54, 1.807) is 30.1 Å². The first kappa shape index (κ1) is 16.7. The molecule has 1 amide bonds. The minimum atomic E-state index is -1.000. The summed E-state index contributed by atoms with van der Waals surface area (Å²) < 4.78 is 0. The van der Waals surface area contributed by atoms with Crippen LogP contribution in [0.1, 0.15) is 27.9 Å². The van der Waals surface area contributed by atoms with Crippen molar-refractivity contribution in [2.75, 3.05) is 13.6 Å². The van der Waals surface area contributed by atoms with Crippen LogP contribution in [0.3, 0.4) is 0 Å². The summed E-state index contributed by atoms with van der Waals surface area (Å²) in [5.41, 5.74) is 2.00. The quantitative estimate of drug-likeness (QED) is 0.855. The molecule has 4 heteroatoms. The van der Waals surface area contributed by atoms with Crippen LogP contribution in [0.2, 0.25) is 0 Å². The topological polar surface area (TPSA) is 57.6 Å². The van der Waals surface area contributed by atoms with Gasteiger partial charge in [0.05, 0.1) is 12.0 Å². The molecule has 0 heterocycles. The van der Waals surface area contributed by atoms with Crippen molar-refractivity contribution in [3.8, 4) is 0 Å². The maximum atomic E-state index is 12.3.